The maximum atomic E-state index is 11.5. The minimum atomic E-state index is -0.412. The van der Waals surface area contributed by atoms with E-state index in [1.165, 1.54) is 14.2 Å². The molecule has 0 aromatic rings. The molecule has 1 saturated heterocycles. The first-order chi connectivity index (χ1) is 7.58. The molecule has 1 aliphatic heterocycles. The molecule has 1 aliphatic rings. The highest BCUT2D eigenvalue weighted by Gasteiger charge is 2.29. The predicted octanol–water partition coefficient (Wildman–Crippen LogP) is -0.611. The summed E-state index contributed by atoms with van der Waals surface area (Å²) in [5.74, 6) is -0.500. The van der Waals surface area contributed by atoms with E-state index in [2.05, 4.69) is 10.6 Å². The van der Waals surface area contributed by atoms with Crippen molar-refractivity contribution in [3.63, 3.8) is 0 Å². The zero-order chi connectivity index (χ0) is 12.1. The molecule has 1 rings (SSSR count). The lowest BCUT2D eigenvalue weighted by atomic mass is 10.1. The molecule has 0 aromatic heterocycles. The summed E-state index contributed by atoms with van der Waals surface area (Å²) >= 11 is 0. The van der Waals surface area contributed by atoms with Crippen molar-refractivity contribution < 1.29 is 19.1 Å². The molecule has 6 nitrogen and oxygen atoms in total. The number of carbonyl (C=O) groups excluding carboxylic acids is 2. The zero-order valence-electron chi connectivity index (χ0n) is 9.78. The van der Waals surface area contributed by atoms with E-state index in [1.54, 1.807) is 0 Å². The summed E-state index contributed by atoms with van der Waals surface area (Å²) < 4.78 is 10.2. The van der Waals surface area contributed by atoms with Crippen molar-refractivity contribution >= 4 is 11.8 Å². The fourth-order valence-corrected chi connectivity index (χ4v) is 1.75. The Morgan fingerprint density at radius 2 is 2.00 bits per heavy atom. The lowest BCUT2D eigenvalue weighted by Gasteiger charge is -2.28. The number of hydrogen-bond acceptors (Lipinski definition) is 5. The van der Waals surface area contributed by atoms with Crippen molar-refractivity contribution in [3.8, 4) is 0 Å². The third kappa shape index (κ3) is 3.26. The molecule has 0 aromatic carbocycles. The van der Waals surface area contributed by atoms with Crippen molar-refractivity contribution in [1.29, 1.82) is 0 Å². The maximum Gasteiger partial charge on any atom is 0.243 e. The summed E-state index contributed by atoms with van der Waals surface area (Å²) in [6.07, 6.45) is 0.459. The van der Waals surface area contributed by atoms with Gasteiger partial charge in [-0.15, -0.1) is 0 Å². The van der Waals surface area contributed by atoms with Crippen molar-refractivity contribution in [2.45, 2.75) is 38.1 Å². The summed E-state index contributed by atoms with van der Waals surface area (Å²) in [6, 6.07) is -0.487. The Balaban J connectivity index is 2.47. The molecule has 1 fully saturated rings. The van der Waals surface area contributed by atoms with E-state index >= 15 is 0 Å². The van der Waals surface area contributed by atoms with E-state index in [4.69, 9.17) is 9.47 Å². The first kappa shape index (κ1) is 13.1. The monoisotopic (exact) mass is 230 g/mol. The van der Waals surface area contributed by atoms with Crippen LogP contribution >= 0.6 is 0 Å². The Morgan fingerprint density at radius 1 is 1.38 bits per heavy atom. The van der Waals surface area contributed by atoms with Crippen LogP contribution in [0.4, 0.5) is 0 Å². The average Bonchev–Trinajstić information content (AvgIpc) is 2.24. The number of imide groups is 1. The van der Waals surface area contributed by atoms with E-state index in [1.807, 2.05) is 6.92 Å². The summed E-state index contributed by atoms with van der Waals surface area (Å²) in [5, 5.41) is 5.36. The van der Waals surface area contributed by atoms with Gasteiger partial charge in [-0.05, 0) is 13.3 Å². The minimum absolute atomic E-state index is 0.126. The van der Waals surface area contributed by atoms with Crippen LogP contribution in [0, 0.1) is 0 Å². The third-order valence-corrected chi connectivity index (χ3v) is 2.58. The lowest BCUT2D eigenvalue weighted by molar-refractivity contribution is -0.138. The molecule has 2 amide bonds. The molecule has 2 atom stereocenters. The van der Waals surface area contributed by atoms with Crippen molar-refractivity contribution in [1.82, 2.24) is 10.6 Å². The quantitative estimate of drug-likeness (QED) is 0.486. The summed E-state index contributed by atoms with van der Waals surface area (Å²) in [6.45, 7) is 1.86. The Morgan fingerprint density at radius 3 is 2.50 bits per heavy atom. The second-order valence-electron chi connectivity index (χ2n) is 3.80. The third-order valence-electron chi connectivity index (χ3n) is 2.58. The molecule has 2 N–H and O–H groups in total. The van der Waals surface area contributed by atoms with Gasteiger partial charge < -0.3 is 9.47 Å². The number of methoxy groups -OCH3 is 2. The topological polar surface area (TPSA) is 76.7 Å². The molecular weight excluding hydrogens is 212 g/mol. The first-order valence-electron chi connectivity index (χ1n) is 5.23. The van der Waals surface area contributed by atoms with Gasteiger partial charge in [0.2, 0.25) is 11.8 Å². The van der Waals surface area contributed by atoms with Crippen molar-refractivity contribution in [2.75, 3.05) is 14.2 Å². The highest BCUT2D eigenvalue weighted by Crippen LogP contribution is 2.07. The number of ether oxygens (including phenoxy) is 2. The van der Waals surface area contributed by atoms with E-state index in [0.717, 1.165) is 0 Å². The van der Waals surface area contributed by atoms with Crippen molar-refractivity contribution in [3.05, 3.63) is 0 Å². The molecule has 0 radical (unpaired) electrons. The van der Waals surface area contributed by atoms with Crippen LogP contribution < -0.4 is 10.6 Å². The van der Waals surface area contributed by atoms with Gasteiger partial charge in [-0.25, -0.2) is 0 Å². The standard InChI is InChI=1S/C10H18N2O4/c1-6(10(15-2)16-3)11-7-4-5-8(13)12-9(7)14/h6-7,10-11H,4-5H2,1-3H3,(H,12,13,14). The van der Waals surface area contributed by atoms with E-state index < -0.39 is 6.29 Å². The molecule has 0 saturated carbocycles. The second-order valence-corrected chi connectivity index (χ2v) is 3.80. The summed E-state index contributed by atoms with van der Waals surface area (Å²) in [7, 11) is 3.08. The number of hydrogen-bond donors (Lipinski definition) is 2. The number of piperidine rings is 1. The second kappa shape index (κ2) is 5.93. The first-order valence-corrected chi connectivity index (χ1v) is 5.23. The van der Waals surface area contributed by atoms with Gasteiger partial charge in [0.15, 0.2) is 6.29 Å². The van der Waals surface area contributed by atoms with Gasteiger partial charge in [0.25, 0.3) is 0 Å². The number of carbonyl (C=O) groups is 2. The minimum Gasteiger partial charge on any atom is -0.354 e. The van der Waals surface area contributed by atoms with Gasteiger partial charge in [0.1, 0.15) is 0 Å². The van der Waals surface area contributed by atoms with Crippen LogP contribution in [0.25, 0.3) is 0 Å². The van der Waals surface area contributed by atoms with E-state index in [-0.39, 0.29) is 23.9 Å². The molecule has 6 heteroatoms. The van der Waals surface area contributed by atoms with Gasteiger partial charge in [0, 0.05) is 20.6 Å². The van der Waals surface area contributed by atoms with E-state index in [0.29, 0.717) is 12.8 Å². The lowest BCUT2D eigenvalue weighted by Crippen LogP contribution is -2.55. The largest absolute Gasteiger partial charge is 0.354 e. The Labute approximate surface area is 94.7 Å². The maximum absolute atomic E-state index is 11.5. The molecule has 0 spiro atoms. The Hall–Kier alpha value is -0.980. The fourth-order valence-electron chi connectivity index (χ4n) is 1.75. The summed E-state index contributed by atoms with van der Waals surface area (Å²) in [5.41, 5.74) is 0. The smallest absolute Gasteiger partial charge is 0.243 e. The molecular formula is C10H18N2O4. The average molecular weight is 230 g/mol. The molecule has 2 unspecified atom stereocenters. The highest BCUT2D eigenvalue weighted by atomic mass is 16.7. The van der Waals surface area contributed by atoms with Gasteiger partial charge in [-0.2, -0.15) is 0 Å². The number of rotatable bonds is 5. The Bertz CT molecular complexity index is 266. The molecule has 0 aliphatic carbocycles. The van der Waals surface area contributed by atoms with Crippen LogP contribution in [0.1, 0.15) is 19.8 Å². The number of nitrogens with one attached hydrogen (secondary N) is 2. The molecule has 92 valence electrons. The Kier molecular flexibility index (Phi) is 4.85. The highest BCUT2D eigenvalue weighted by molar-refractivity contribution is 6.00. The SMILES string of the molecule is COC(OC)C(C)NC1CCC(=O)NC1=O. The predicted molar refractivity (Wildman–Crippen MR) is 56.6 cm³/mol. The van der Waals surface area contributed by atoms with Crippen LogP contribution in [0.15, 0.2) is 0 Å². The van der Waals surface area contributed by atoms with E-state index in [9.17, 15) is 9.59 Å². The molecule has 1 heterocycles. The normalized spacial score (nSPS) is 23.4. The van der Waals surface area contributed by atoms with Crippen LogP contribution in [0.3, 0.4) is 0 Å². The number of amides is 2. The van der Waals surface area contributed by atoms with Crippen LogP contribution in [-0.2, 0) is 19.1 Å². The summed E-state index contributed by atoms with van der Waals surface area (Å²) in [4.78, 5) is 22.4. The van der Waals surface area contributed by atoms with Gasteiger partial charge in [-0.3, -0.25) is 20.2 Å². The van der Waals surface area contributed by atoms with Crippen LogP contribution in [0.5, 0.6) is 0 Å². The van der Waals surface area contributed by atoms with Gasteiger partial charge >= 0.3 is 0 Å². The molecule has 0 bridgehead atoms. The van der Waals surface area contributed by atoms with Crippen LogP contribution in [0.2, 0.25) is 0 Å². The zero-order valence-corrected chi connectivity index (χ0v) is 9.78. The van der Waals surface area contributed by atoms with Crippen molar-refractivity contribution in [2.24, 2.45) is 0 Å². The fraction of sp³-hybridized carbons (Fsp3) is 0.800. The van der Waals surface area contributed by atoms with Gasteiger partial charge in [0.05, 0.1) is 12.1 Å². The van der Waals surface area contributed by atoms with Gasteiger partial charge in [-0.1, -0.05) is 0 Å². The van der Waals surface area contributed by atoms with Crippen LogP contribution in [-0.4, -0.2) is 44.4 Å². The molecule has 16 heavy (non-hydrogen) atoms.